The van der Waals surface area contributed by atoms with Crippen molar-refractivity contribution in [1.82, 2.24) is 15.0 Å². The van der Waals surface area contributed by atoms with Gasteiger partial charge in [-0.1, -0.05) is 59.8 Å². The standard InChI is InChI=1S/C25H23N3O3/c29-24(13-12-23-26-25(27-31-23)22-11-6-16-30-22)28-15-14-19-9-4-5-10-20(19)21(28)17-18-7-2-1-3-8-18/h1-11,16,21H,12-15,17H2/t21-/m1/s1. The van der Waals surface area contributed by atoms with Crippen molar-refractivity contribution in [3.63, 3.8) is 0 Å². The number of fused-ring (bicyclic) bond motifs is 1. The van der Waals surface area contributed by atoms with Gasteiger partial charge in [0.15, 0.2) is 5.76 Å². The third-order valence-electron chi connectivity index (χ3n) is 5.77. The van der Waals surface area contributed by atoms with Crippen LogP contribution in [0.25, 0.3) is 11.6 Å². The second-order valence-corrected chi connectivity index (χ2v) is 7.73. The summed E-state index contributed by atoms with van der Waals surface area (Å²) in [5.74, 6) is 1.50. The van der Waals surface area contributed by atoms with Gasteiger partial charge >= 0.3 is 0 Å². The van der Waals surface area contributed by atoms with E-state index in [1.165, 1.54) is 16.7 Å². The van der Waals surface area contributed by atoms with Gasteiger partial charge < -0.3 is 13.8 Å². The van der Waals surface area contributed by atoms with Gasteiger partial charge in [0.25, 0.3) is 0 Å². The zero-order valence-corrected chi connectivity index (χ0v) is 17.1. The SMILES string of the molecule is O=C(CCc1nc(-c2ccco2)no1)N1CCc2ccccc2[C@H]1Cc1ccccc1. The average molecular weight is 413 g/mol. The number of nitrogens with zero attached hydrogens (tertiary/aromatic N) is 3. The fraction of sp³-hybridized carbons (Fsp3) is 0.240. The highest BCUT2D eigenvalue weighted by Crippen LogP contribution is 2.33. The first kappa shape index (κ1) is 19.3. The summed E-state index contributed by atoms with van der Waals surface area (Å²) >= 11 is 0. The average Bonchev–Trinajstić information content (AvgIpc) is 3.50. The Morgan fingerprint density at radius 3 is 2.71 bits per heavy atom. The van der Waals surface area contributed by atoms with Crippen LogP contribution < -0.4 is 0 Å². The van der Waals surface area contributed by atoms with E-state index in [4.69, 9.17) is 8.94 Å². The quantitative estimate of drug-likeness (QED) is 0.461. The third kappa shape index (κ3) is 4.14. The predicted molar refractivity (Wildman–Crippen MR) is 115 cm³/mol. The minimum absolute atomic E-state index is 0.0289. The normalized spacial score (nSPS) is 15.6. The minimum atomic E-state index is 0.0289. The molecule has 0 spiro atoms. The summed E-state index contributed by atoms with van der Waals surface area (Å²) in [6, 6.07) is 22.4. The van der Waals surface area contributed by atoms with E-state index in [1.54, 1.807) is 18.4 Å². The Bertz CT molecular complexity index is 1150. The summed E-state index contributed by atoms with van der Waals surface area (Å²) in [5, 5.41) is 3.94. The molecule has 2 aromatic heterocycles. The van der Waals surface area contributed by atoms with E-state index in [-0.39, 0.29) is 11.9 Å². The van der Waals surface area contributed by atoms with Crippen molar-refractivity contribution in [2.24, 2.45) is 0 Å². The molecule has 4 aromatic rings. The summed E-state index contributed by atoms with van der Waals surface area (Å²) in [6.07, 6.45) is 3.97. The molecule has 6 heteroatoms. The third-order valence-corrected chi connectivity index (χ3v) is 5.77. The van der Waals surface area contributed by atoms with Crippen LogP contribution in [0.4, 0.5) is 0 Å². The van der Waals surface area contributed by atoms with Crippen LogP contribution in [0, 0.1) is 0 Å². The summed E-state index contributed by atoms with van der Waals surface area (Å²) < 4.78 is 10.6. The lowest BCUT2D eigenvalue weighted by molar-refractivity contribution is -0.134. The molecule has 1 atom stereocenters. The summed E-state index contributed by atoms with van der Waals surface area (Å²) in [4.78, 5) is 19.6. The molecule has 0 radical (unpaired) electrons. The molecule has 1 aliphatic heterocycles. The van der Waals surface area contributed by atoms with E-state index < -0.39 is 0 Å². The highest BCUT2D eigenvalue weighted by Gasteiger charge is 2.30. The smallest absolute Gasteiger partial charge is 0.238 e. The van der Waals surface area contributed by atoms with Crippen molar-refractivity contribution in [2.75, 3.05) is 6.54 Å². The molecular formula is C25H23N3O3. The Kier molecular flexibility index (Phi) is 5.35. The molecule has 0 fully saturated rings. The van der Waals surface area contributed by atoms with Crippen molar-refractivity contribution < 1.29 is 13.7 Å². The van der Waals surface area contributed by atoms with Gasteiger partial charge in [-0.2, -0.15) is 4.98 Å². The number of aromatic nitrogens is 2. The first-order chi connectivity index (χ1) is 15.3. The van der Waals surface area contributed by atoms with Crippen molar-refractivity contribution in [3.8, 4) is 11.6 Å². The van der Waals surface area contributed by atoms with E-state index in [1.807, 2.05) is 23.1 Å². The maximum atomic E-state index is 13.2. The zero-order chi connectivity index (χ0) is 21.0. The molecule has 5 rings (SSSR count). The van der Waals surface area contributed by atoms with Crippen LogP contribution in [0.15, 0.2) is 81.9 Å². The fourth-order valence-corrected chi connectivity index (χ4v) is 4.23. The molecule has 0 bridgehead atoms. The number of rotatable bonds is 6. The van der Waals surface area contributed by atoms with Crippen molar-refractivity contribution in [3.05, 3.63) is 95.6 Å². The van der Waals surface area contributed by atoms with Crippen LogP contribution in [-0.2, 0) is 24.1 Å². The monoisotopic (exact) mass is 413 g/mol. The lowest BCUT2D eigenvalue weighted by Crippen LogP contribution is -2.41. The topological polar surface area (TPSA) is 72.4 Å². The van der Waals surface area contributed by atoms with Gasteiger partial charge in [-0.05, 0) is 41.7 Å². The number of amides is 1. The van der Waals surface area contributed by atoms with Crippen LogP contribution in [0.2, 0.25) is 0 Å². The number of hydrogen-bond donors (Lipinski definition) is 0. The molecule has 0 aliphatic carbocycles. The summed E-state index contributed by atoms with van der Waals surface area (Å²) in [6.45, 7) is 0.717. The Hall–Kier alpha value is -3.67. The molecular weight excluding hydrogens is 390 g/mol. The zero-order valence-electron chi connectivity index (χ0n) is 17.1. The second-order valence-electron chi connectivity index (χ2n) is 7.73. The van der Waals surface area contributed by atoms with Crippen LogP contribution in [-0.4, -0.2) is 27.5 Å². The maximum absolute atomic E-state index is 13.2. The molecule has 0 saturated heterocycles. The van der Waals surface area contributed by atoms with Gasteiger partial charge in [-0.3, -0.25) is 4.79 Å². The summed E-state index contributed by atoms with van der Waals surface area (Å²) in [7, 11) is 0. The Labute approximate surface area is 180 Å². The number of benzene rings is 2. The molecule has 2 aromatic carbocycles. The second kappa shape index (κ2) is 8.60. The van der Waals surface area contributed by atoms with Gasteiger partial charge in [0, 0.05) is 19.4 Å². The molecule has 31 heavy (non-hydrogen) atoms. The highest BCUT2D eigenvalue weighted by atomic mass is 16.5. The minimum Gasteiger partial charge on any atom is -0.461 e. The Morgan fingerprint density at radius 2 is 1.87 bits per heavy atom. The van der Waals surface area contributed by atoms with Gasteiger partial charge in [-0.25, -0.2) is 0 Å². The Balaban J connectivity index is 1.32. The largest absolute Gasteiger partial charge is 0.461 e. The lowest BCUT2D eigenvalue weighted by Gasteiger charge is -2.37. The van der Waals surface area contributed by atoms with Crippen LogP contribution >= 0.6 is 0 Å². The van der Waals surface area contributed by atoms with Crippen molar-refractivity contribution in [1.29, 1.82) is 0 Å². The number of carbonyl (C=O) groups is 1. The fourth-order valence-electron chi connectivity index (χ4n) is 4.23. The van der Waals surface area contributed by atoms with E-state index in [2.05, 4.69) is 46.5 Å². The molecule has 1 amide bonds. The predicted octanol–water partition coefficient (Wildman–Crippen LogP) is 4.63. The highest BCUT2D eigenvalue weighted by molar-refractivity contribution is 5.77. The number of hydrogen-bond acceptors (Lipinski definition) is 5. The van der Waals surface area contributed by atoms with Crippen LogP contribution in [0.3, 0.4) is 0 Å². The number of carbonyl (C=O) groups excluding carboxylic acids is 1. The van der Waals surface area contributed by atoms with Gasteiger partial charge in [-0.15, -0.1) is 0 Å². The first-order valence-corrected chi connectivity index (χ1v) is 10.6. The van der Waals surface area contributed by atoms with Gasteiger partial charge in [0.05, 0.1) is 12.3 Å². The molecule has 0 N–H and O–H groups in total. The molecule has 156 valence electrons. The van der Waals surface area contributed by atoms with Gasteiger partial charge in [0.2, 0.25) is 17.6 Å². The van der Waals surface area contributed by atoms with E-state index in [0.29, 0.717) is 30.3 Å². The van der Waals surface area contributed by atoms with Gasteiger partial charge in [0.1, 0.15) is 0 Å². The molecule has 3 heterocycles. The van der Waals surface area contributed by atoms with Crippen LogP contribution in [0.1, 0.15) is 35.0 Å². The van der Waals surface area contributed by atoms with Crippen molar-refractivity contribution in [2.45, 2.75) is 31.7 Å². The maximum Gasteiger partial charge on any atom is 0.238 e. The number of furan rings is 1. The van der Waals surface area contributed by atoms with Crippen molar-refractivity contribution >= 4 is 5.91 Å². The van der Waals surface area contributed by atoms with E-state index >= 15 is 0 Å². The molecule has 6 nitrogen and oxygen atoms in total. The van der Waals surface area contributed by atoms with E-state index in [0.717, 1.165) is 19.4 Å². The first-order valence-electron chi connectivity index (χ1n) is 10.6. The summed E-state index contributed by atoms with van der Waals surface area (Å²) in [5.41, 5.74) is 3.79. The lowest BCUT2D eigenvalue weighted by atomic mass is 9.88. The van der Waals surface area contributed by atoms with Crippen LogP contribution in [0.5, 0.6) is 0 Å². The molecule has 1 aliphatic rings. The number of aryl methyl sites for hydroxylation is 1. The Morgan fingerprint density at radius 1 is 1.03 bits per heavy atom. The molecule has 0 saturated carbocycles. The molecule has 0 unspecified atom stereocenters. The van der Waals surface area contributed by atoms with E-state index in [9.17, 15) is 4.79 Å².